The molecule has 1 aromatic heterocycles. The van der Waals surface area contributed by atoms with E-state index in [4.69, 9.17) is 37.7 Å². The quantitative estimate of drug-likeness (QED) is 0.199. The number of esters is 1. The van der Waals surface area contributed by atoms with Crippen LogP contribution >= 0.6 is 34.5 Å². The van der Waals surface area contributed by atoms with Crippen molar-refractivity contribution < 1.29 is 19.1 Å². The van der Waals surface area contributed by atoms with Gasteiger partial charge in [-0.15, -0.1) is 11.3 Å². The summed E-state index contributed by atoms with van der Waals surface area (Å²) in [7, 11) is 0. The van der Waals surface area contributed by atoms with Gasteiger partial charge < -0.3 is 19.7 Å². The molecular formula is C27H39Cl2N3O4S. The summed E-state index contributed by atoms with van der Waals surface area (Å²) in [6, 6.07) is 5.56. The topological polar surface area (TPSA) is 80.8 Å². The Hall–Kier alpha value is -2.03. The van der Waals surface area contributed by atoms with E-state index < -0.39 is 11.7 Å². The summed E-state index contributed by atoms with van der Waals surface area (Å²) in [5.41, 5.74) is 1.28. The molecule has 1 heterocycles. The molecule has 0 aliphatic heterocycles. The predicted molar refractivity (Wildman–Crippen MR) is 153 cm³/mol. The fourth-order valence-electron chi connectivity index (χ4n) is 3.55. The van der Waals surface area contributed by atoms with E-state index in [1.807, 2.05) is 32.9 Å². The molecule has 1 amide bonds. The number of anilines is 1. The molecule has 0 aliphatic carbocycles. The molecule has 7 nitrogen and oxygen atoms in total. The average Bonchev–Trinajstić information content (AvgIpc) is 3.19. The van der Waals surface area contributed by atoms with Gasteiger partial charge in [0.2, 0.25) is 0 Å². The number of amides is 1. The Morgan fingerprint density at radius 2 is 1.86 bits per heavy atom. The van der Waals surface area contributed by atoms with Crippen molar-refractivity contribution in [3.8, 4) is 11.3 Å². The second kappa shape index (κ2) is 14.8. The van der Waals surface area contributed by atoms with Gasteiger partial charge in [-0.2, -0.15) is 0 Å². The van der Waals surface area contributed by atoms with E-state index in [9.17, 15) is 9.59 Å². The van der Waals surface area contributed by atoms with Gasteiger partial charge in [0.1, 0.15) is 5.60 Å². The summed E-state index contributed by atoms with van der Waals surface area (Å²) in [6.07, 6.45) is 2.29. The molecule has 0 fully saturated rings. The monoisotopic (exact) mass is 571 g/mol. The smallest absolute Gasteiger partial charge is 0.407 e. The molecule has 0 saturated heterocycles. The van der Waals surface area contributed by atoms with E-state index in [0.29, 0.717) is 42.2 Å². The van der Waals surface area contributed by atoms with Crippen LogP contribution in [0.3, 0.4) is 0 Å². The number of aromatic nitrogens is 1. The van der Waals surface area contributed by atoms with Crippen LogP contribution in [0.15, 0.2) is 18.2 Å². The van der Waals surface area contributed by atoms with Crippen molar-refractivity contribution in [1.29, 1.82) is 0 Å². The number of nitrogens with zero attached hydrogens (tertiary/aromatic N) is 2. The third-order valence-corrected chi connectivity index (χ3v) is 7.03. The van der Waals surface area contributed by atoms with E-state index in [1.165, 1.54) is 0 Å². The summed E-state index contributed by atoms with van der Waals surface area (Å²) in [5.74, 6) is 0.212. The number of carbonyl (C=O) groups is 2. The molecular weight excluding hydrogens is 533 g/mol. The molecule has 1 aromatic carbocycles. The lowest BCUT2D eigenvalue weighted by Crippen LogP contribution is -2.33. The highest BCUT2D eigenvalue weighted by Crippen LogP contribution is 2.37. The number of carbonyl (C=O) groups excluding carboxylic acids is 2. The number of rotatable bonds is 13. The van der Waals surface area contributed by atoms with Crippen LogP contribution in [-0.4, -0.2) is 48.9 Å². The van der Waals surface area contributed by atoms with Gasteiger partial charge in [-0.1, -0.05) is 43.1 Å². The molecule has 10 heteroatoms. The maximum absolute atomic E-state index is 12.1. The second-order valence-corrected chi connectivity index (χ2v) is 12.0. The lowest BCUT2D eigenvalue weighted by atomic mass is 10.0. The number of alkyl carbamates (subject to hydrolysis) is 1. The average molecular weight is 573 g/mol. The second-order valence-electron chi connectivity index (χ2n) is 10.2. The number of unbranched alkanes of at least 4 members (excludes halogenated alkanes) is 1. The van der Waals surface area contributed by atoms with Gasteiger partial charge >= 0.3 is 12.1 Å². The summed E-state index contributed by atoms with van der Waals surface area (Å²) < 4.78 is 10.4. The summed E-state index contributed by atoms with van der Waals surface area (Å²) in [4.78, 5) is 32.3. The standard InChI is InChI=1S/C27H39Cl2N3O4S/c1-7-35-23(33)12-15-32(14-9-8-13-30-26(34)36-27(4,5)6)25-31-24(22(37-25)16-18(2)3)19-10-11-20(28)21(29)17-19/h10-11,17-18H,7-9,12-16H2,1-6H3,(H,30,34). The van der Waals surface area contributed by atoms with Crippen molar-refractivity contribution in [2.24, 2.45) is 5.92 Å². The third kappa shape index (κ3) is 11.1. The Bertz CT molecular complexity index is 1040. The van der Waals surface area contributed by atoms with Crippen molar-refractivity contribution in [2.45, 2.75) is 72.8 Å². The minimum Gasteiger partial charge on any atom is -0.466 e. The number of halogens is 2. The fourth-order valence-corrected chi connectivity index (χ4v) is 5.19. The van der Waals surface area contributed by atoms with Crippen LogP contribution in [0.5, 0.6) is 0 Å². The van der Waals surface area contributed by atoms with Gasteiger partial charge in [-0.25, -0.2) is 9.78 Å². The van der Waals surface area contributed by atoms with E-state index in [1.54, 1.807) is 24.3 Å². The van der Waals surface area contributed by atoms with E-state index in [2.05, 4.69) is 24.1 Å². The van der Waals surface area contributed by atoms with E-state index >= 15 is 0 Å². The molecule has 37 heavy (non-hydrogen) atoms. The predicted octanol–water partition coefficient (Wildman–Crippen LogP) is 7.38. The van der Waals surface area contributed by atoms with Gasteiger partial charge in [0.15, 0.2) is 5.13 Å². The Morgan fingerprint density at radius 3 is 2.49 bits per heavy atom. The molecule has 0 aliphatic rings. The van der Waals surface area contributed by atoms with Crippen LogP contribution in [0.25, 0.3) is 11.3 Å². The SMILES string of the molecule is CCOC(=O)CCN(CCCCNC(=O)OC(C)(C)C)c1nc(-c2ccc(Cl)c(Cl)c2)c(CC(C)C)s1. The molecule has 1 N–H and O–H groups in total. The zero-order valence-corrected chi connectivity index (χ0v) is 25.0. The molecule has 0 spiro atoms. The van der Waals surface area contributed by atoms with Crippen molar-refractivity contribution >= 4 is 51.7 Å². The number of hydrogen-bond acceptors (Lipinski definition) is 7. The highest BCUT2D eigenvalue weighted by molar-refractivity contribution is 7.16. The number of thiazole rings is 1. The first-order valence-electron chi connectivity index (χ1n) is 12.7. The molecule has 206 valence electrons. The highest BCUT2D eigenvalue weighted by atomic mass is 35.5. The summed E-state index contributed by atoms with van der Waals surface area (Å²) in [5, 5.41) is 4.63. The number of hydrogen-bond donors (Lipinski definition) is 1. The first-order chi connectivity index (χ1) is 17.4. The molecule has 0 atom stereocenters. The Morgan fingerprint density at radius 1 is 1.14 bits per heavy atom. The van der Waals surface area contributed by atoms with Gasteiger partial charge in [-0.3, -0.25) is 4.79 Å². The van der Waals surface area contributed by atoms with Crippen LogP contribution in [0.4, 0.5) is 9.93 Å². The zero-order valence-electron chi connectivity index (χ0n) is 22.7. The summed E-state index contributed by atoms with van der Waals surface area (Å²) in [6.45, 7) is 13.7. The van der Waals surface area contributed by atoms with E-state index in [-0.39, 0.29) is 12.4 Å². The van der Waals surface area contributed by atoms with Crippen LogP contribution in [0, 0.1) is 5.92 Å². The van der Waals surface area contributed by atoms with Crippen LogP contribution in [-0.2, 0) is 20.7 Å². The maximum Gasteiger partial charge on any atom is 0.407 e. The molecule has 0 radical (unpaired) electrons. The minimum absolute atomic E-state index is 0.234. The van der Waals surface area contributed by atoms with Crippen LogP contribution in [0.2, 0.25) is 10.0 Å². The minimum atomic E-state index is -0.529. The molecule has 0 bridgehead atoms. The number of benzene rings is 1. The number of ether oxygens (including phenoxy) is 2. The molecule has 0 unspecified atom stereocenters. The van der Waals surface area contributed by atoms with Crippen molar-refractivity contribution in [1.82, 2.24) is 10.3 Å². The number of nitrogens with one attached hydrogen (secondary N) is 1. The Kier molecular flexibility index (Phi) is 12.5. The normalized spacial score (nSPS) is 11.5. The molecule has 2 rings (SSSR count). The molecule has 2 aromatic rings. The Balaban J connectivity index is 2.18. The first kappa shape index (κ1) is 31.2. The van der Waals surface area contributed by atoms with Gasteiger partial charge in [0, 0.05) is 30.1 Å². The van der Waals surface area contributed by atoms with Gasteiger partial charge in [-0.05, 0) is 65.0 Å². The van der Waals surface area contributed by atoms with Crippen molar-refractivity contribution in [3.05, 3.63) is 33.1 Å². The van der Waals surface area contributed by atoms with Crippen LogP contribution in [0.1, 0.15) is 65.7 Å². The maximum atomic E-state index is 12.1. The van der Waals surface area contributed by atoms with E-state index in [0.717, 1.165) is 40.5 Å². The lowest BCUT2D eigenvalue weighted by molar-refractivity contribution is -0.142. The Labute approximate surface area is 234 Å². The van der Waals surface area contributed by atoms with Gasteiger partial charge in [0.05, 0.1) is 28.8 Å². The summed E-state index contributed by atoms with van der Waals surface area (Å²) >= 11 is 14.1. The van der Waals surface area contributed by atoms with Crippen molar-refractivity contribution in [3.63, 3.8) is 0 Å². The fraction of sp³-hybridized carbons (Fsp3) is 0.593. The van der Waals surface area contributed by atoms with Crippen LogP contribution < -0.4 is 10.2 Å². The van der Waals surface area contributed by atoms with Crippen molar-refractivity contribution in [2.75, 3.05) is 31.1 Å². The first-order valence-corrected chi connectivity index (χ1v) is 14.3. The zero-order chi connectivity index (χ0) is 27.6. The molecule has 0 saturated carbocycles. The third-order valence-electron chi connectivity index (χ3n) is 5.16. The lowest BCUT2D eigenvalue weighted by Gasteiger charge is -2.22. The van der Waals surface area contributed by atoms with Gasteiger partial charge in [0.25, 0.3) is 0 Å². The largest absolute Gasteiger partial charge is 0.466 e. The highest BCUT2D eigenvalue weighted by Gasteiger charge is 2.20.